The van der Waals surface area contributed by atoms with Gasteiger partial charge in [0.25, 0.3) is 0 Å². The zero-order valence-corrected chi connectivity index (χ0v) is 19.1. The van der Waals surface area contributed by atoms with E-state index in [0.29, 0.717) is 19.4 Å². The van der Waals surface area contributed by atoms with E-state index in [1.54, 1.807) is 24.3 Å². The van der Waals surface area contributed by atoms with Crippen LogP contribution in [0.3, 0.4) is 0 Å². The van der Waals surface area contributed by atoms with Crippen LogP contribution in [0.25, 0.3) is 11.3 Å². The van der Waals surface area contributed by atoms with Crippen molar-refractivity contribution >= 4 is 5.91 Å². The van der Waals surface area contributed by atoms with Gasteiger partial charge in [-0.1, -0.05) is 66.7 Å². The number of nitrogens with zero attached hydrogens (tertiary/aromatic N) is 2. The molecule has 34 heavy (non-hydrogen) atoms. The number of fused-ring (bicyclic) bond motifs is 1. The summed E-state index contributed by atoms with van der Waals surface area (Å²) in [6.07, 6.45) is 1.07. The van der Waals surface area contributed by atoms with Crippen molar-refractivity contribution < 1.29 is 9.90 Å². The normalized spacial score (nSPS) is 16.2. The highest BCUT2D eigenvalue weighted by Gasteiger charge is 2.35. The molecule has 1 aliphatic rings. The molecule has 4 N–H and O–H groups in total. The summed E-state index contributed by atoms with van der Waals surface area (Å²) >= 11 is 0. The SMILES string of the molecule is Cc1[nH]c(C2Cc3ccccc3CN2C(=O)[C@@H](N)Cc2ccc(O)cc2)nc1-c1ccccc1. The number of benzene rings is 3. The van der Waals surface area contributed by atoms with E-state index in [9.17, 15) is 9.90 Å². The third-order valence-electron chi connectivity index (χ3n) is 6.51. The van der Waals surface area contributed by atoms with Crippen molar-refractivity contribution in [2.24, 2.45) is 5.73 Å². The lowest BCUT2D eigenvalue weighted by Gasteiger charge is -2.37. The molecule has 5 rings (SSSR count). The van der Waals surface area contributed by atoms with Crippen molar-refractivity contribution in [3.05, 3.63) is 107 Å². The Labute approximate surface area is 199 Å². The zero-order valence-electron chi connectivity index (χ0n) is 19.1. The van der Waals surface area contributed by atoms with Gasteiger partial charge in [-0.15, -0.1) is 0 Å². The number of rotatable bonds is 5. The highest BCUT2D eigenvalue weighted by molar-refractivity contribution is 5.82. The van der Waals surface area contributed by atoms with E-state index in [0.717, 1.165) is 33.9 Å². The fourth-order valence-corrected chi connectivity index (χ4v) is 4.70. The van der Waals surface area contributed by atoms with Crippen LogP contribution in [0, 0.1) is 6.92 Å². The maximum Gasteiger partial charge on any atom is 0.240 e. The molecule has 1 unspecified atom stereocenters. The van der Waals surface area contributed by atoms with Gasteiger partial charge >= 0.3 is 0 Å². The quantitative estimate of drug-likeness (QED) is 0.421. The molecule has 0 radical (unpaired) electrons. The summed E-state index contributed by atoms with van der Waals surface area (Å²) in [6.45, 7) is 2.50. The number of phenols is 1. The molecule has 0 fully saturated rings. The smallest absolute Gasteiger partial charge is 0.240 e. The van der Waals surface area contributed by atoms with Crippen LogP contribution in [-0.2, 0) is 24.2 Å². The number of nitrogens with one attached hydrogen (secondary N) is 1. The molecule has 0 aliphatic carbocycles. The second-order valence-corrected chi connectivity index (χ2v) is 8.89. The number of carbonyl (C=O) groups excluding carboxylic acids is 1. The molecule has 0 saturated heterocycles. The summed E-state index contributed by atoms with van der Waals surface area (Å²) in [5.74, 6) is 0.859. The molecule has 0 spiro atoms. The van der Waals surface area contributed by atoms with Gasteiger partial charge in [-0.3, -0.25) is 4.79 Å². The number of aromatic nitrogens is 2. The van der Waals surface area contributed by atoms with E-state index < -0.39 is 6.04 Å². The number of aromatic amines is 1. The van der Waals surface area contributed by atoms with E-state index in [4.69, 9.17) is 10.7 Å². The van der Waals surface area contributed by atoms with Gasteiger partial charge in [-0.2, -0.15) is 0 Å². The number of nitrogens with two attached hydrogens (primary N) is 1. The second kappa shape index (κ2) is 9.15. The van der Waals surface area contributed by atoms with Crippen molar-refractivity contribution in [1.82, 2.24) is 14.9 Å². The monoisotopic (exact) mass is 452 g/mol. The van der Waals surface area contributed by atoms with Gasteiger partial charge in [0.15, 0.2) is 0 Å². The Morgan fingerprint density at radius 1 is 1.06 bits per heavy atom. The van der Waals surface area contributed by atoms with Crippen LogP contribution >= 0.6 is 0 Å². The van der Waals surface area contributed by atoms with Gasteiger partial charge < -0.3 is 20.7 Å². The molecule has 1 amide bonds. The first-order valence-electron chi connectivity index (χ1n) is 11.5. The fourth-order valence-electron chi connectivity index (χ4n) is 4.70. The van der Waals surface area contributed by atoms with Gasteiger partial charge in [0, 0.05) is 24.2 Å². The Morgan fingerprint density at radius 2 is 1.74 bits per heavy atom. The third-order valence-corrected chi connectivity index (χ3v) is 6.51. The van der Waals surface area contributed by atoms with Gasteiger partial charge in [0.05, 0.1) is 17.8 Å². The Bertz CT molecular complexity index is 1300. The summed E-state index contributed by atoms with van der Waals surface area (Å²) in [6, 6.07) is 24.2. The minimum absolute atomic E-state index is 0.108. The molecule has 6 heteroatoms. The maximum absolute atomic E-state index is 13.6. The van der Waals surface area contributed by atoms with Crippen molar-refractivity contribution in [2.75, 3.05) is 0 Å². The summed E-state index contributed by atoms with van der Waals surface area (Å²) in [5.41, 5.74) is 12.6. The largest absolute Gasteiger partial charge is 0.508 e. The molecule has 172 valence electrons. The second-order valence-electron chi connectivity index (χ2n) is 8.89. The predicted molar refractivity (Wildman–Crippen MR) is 132 cm³/mol. The van der Waals surface area contributed by atoms with Gasteiger partial charge in [-0.05, 0) is 42.2 Å². The van der Waals surface area contributed by atoms with Crippen molar-refractivity contribution in [3.8, 4) is 17.0 Å². The van der Waals surface area contributed by atoms with Crippen LogP contribution in [0.1, 0.15) is 34.3 Å². The molecule has 3 aromatic carbocycles. The first kappa shape index (κ1) is 21.9. The third kappa shape index (κ3) is 4.32. The van der Waals surface area contributed by atoms with Crippen molar-refractivity contribution in [1.29, 1.82) is 0 Å². The molecular formula is C28H28N4O2. The number of aromatic hydroxyl groups is 1. The fraction of sp³-hybridized carbons (Fsp3) is 0.214. The van der Waals surface area contributed by atoms with Crippen LogP contribution in [-0.4, -0.2) is 31.9 Å². The Balaban J connectivity index is 1.47. The number of hydrogen-bond donors (Lipinski definition) is 3. The van der Waals surface area contributed by atoms with Crippen LogP contribution in [0.15, 0.2) is 78.9 Å². The molecule has 1 aliphatic heterocycles. The van der Waals surface area contributed by atoms with E-state index in [1.807, 2.05) is 54.3 Å². The average molecular weight is 453 g/mol. The Hall–Kier alpha value is -3.90. The van der Waals surface area contributed by atoms with Gasteiger partial charge in [-0.25, -0.2) is 4.98 Å². The lowest BCUT2D eigenvalue weighted by Crippen LogP contribution is -2.48. The summed E-state index contributed by atoms with van der Waals surface area (Å²) in [4.78, 5) is 23.9. The number of amides is 1. The first-order chi connectivity index (χ1) is 16.5. The lowest BCUT2D eigenvalue weighted by atomic mass is 9.92. The minimum Gasteiger partial charge on any atom is -0.508 e. The van der Waals surface area contributed by atoms with E-state index in [2.05, 4.69) is 17.1 Å². The highest BCUT2D eigenvalue weighted by Crippen LogP contribution is 2.34. The topological polar surface area (TPSA) is 95.2 Å². The zero-order chi connectivity index (χ0) is 23.7. The summed E-state index contributed by atoms with van der Waals surface area (Å²) in [5, 5.41) is 9.55. The molecule has 0 saturated carbocycles. The van der Waals surface area contributed by atoms with E-state index in [-0.39, 0.29) is 17.7 Å². The molecule has 0 bridgehead atoms. The number of carbonyl (C=O) groups is 1. The van der Waals surface area contributed by atoms with Crippen LogP contribution in [0.5, 0.6) is 5.75 Å². The standard InChI is InChI=1S/C28H28N4O2/c1-18-26(20-7-3-2-4-8-20)31-27(30-18)25-16-21-9-5-6-10-22(21)17-32(25)28(34)24(29)15-19-11-13-23(33)14-12-19/h2-14,24-25,33H,15-17,29H2,1H3,(H,30,31)/t24-,25?/m0/s1. The number of phenolic OH excluding ortho intramolecular Hbond substituents is 1. The number of aryl methyl sites for hydroxylation is 1. The van der Waals surface area contributed by atoms with Crippen molar-refractivity contribution in [3.63, 3.8) is 0 Å². The predicted octanol–water partition coefficient (Wildman–Crippen LogP) is 4.29. The molecule has 1 aromatic heterocycles. The van der Waals surface area contributed by atoms with Gasteiger partial charge in [0.1, 0.15) is 11.6 Å². The molecule has 2 atom stereocenters. The maximum atomic E-state index is 13.6. The number of H-pyrrole nitrogens is 1. The van der Waals surface area contributed by atoms with Gasteiger partial charge in [0.2, 0.25) is 5.91 Å². The lowest BCUT2D eigenvalue weighted by molar-refractivity contribution is -0.136. The van der Waals surface area contributed by atoms with E-state index >= 15 is 0 Å². The van der Waals surface area contributed by atoms with Crippen molar-refractivity contribution in [2.45, 2.75) is 38.4 Å². The van der Waals surface area contributed by atoms with Crippen LogP contribution in [0.4, 0.5) is 0 Å². The summed E-state index contributed by atoms with van der Waals surface area (Å²) in [7, 11) is 0. The average Bonchev–Trinajstić information content (AvgIpc) is 3.26. The van der Waals surface area contributed by atoms with E-state index in [1.165, 1.54) is 5.56 Å². The molecule has 4 aromatic rings. The minimum atomic E-state index is -0.693. The summed E-state index contributed by atoms with van der Waals surface area (Å²) < 4.78 is 0. The highest BCUT2D eigenvalue weighted by atomic mass is 16.3. The first-order valence-corrected chi connectivity index (χ1v) is 11.5. The molecule has 6 nitrogen and oxygen atoms in total. The Morgan fingerprint density at radius 3 is 2.47 bits per heavy atom. The van der Waals surface area contributed by atoms with Crippen LogP contribution < -0.4 is 5.73 Å². The molecular weight excluding hydrogens is 424 g/mol. The Kier molecular flexibility index (Phi) is 5.90. The number of imidazole rings is 1. The van der Waals surface area contributed by atoms with Crippen LogP contribution in [0.2, 0.25) is 0 Å². The number of hydrogen-bond acceptors (Lipinski definition) is 4. The molecule has 2 heterocycles.